The van der Waals surface area contributed by atoms with Crippen molar-refractivity contribution in [3.8, 4) is 0 Å². The molecule has 1 rings (SSSR count). The molecule has 1 atom stereocenters. The Hall–Kier alpha value is 0.390. The van der Waals surface area contributed by atoms with Crippen LogP contribution in [0, 0.1) is 3.57 Å². The quantitative estimate of drug-likeness (QED) is 0.566. The second kappa shape index (κ2) is 4.75. The maximum absolute atomic E-state index is 11.1. The second-order valence-electron chi connectivity index (χ2n) is 2.64. The minimum absolute atomic E-state index is 0.0835. The molecule has 0 bridgehead atoms. The largest absolute Gasteiger partial charge is 0.298 e. The van der Waals surface area contributed by atoms with E-state index in [0.717, 1.165) is 9.13 Å². The van der Waals surface area contributed by atoms with Crippen LogP contribution in [0.5, 0.6) is 0 Å². The summed E-state index contributed by atoms with van der Waals surface area (Å²) in [6, 6.07) is 5.52. The number of carbonyl (C=O) groups excluding carboxylic acids is 1. The number of alkyl halides is 1. The number of hydrogen-bond donors (Lipinski definition) is 0. The lowest BCUT2D eigenvalue weighted by molar-refractivity contribution is -0.116. The van der Waals surface area contributed by atoms with Gasteiger partial charge in [0.05, 0.1) is 4.83 Å². The molecular formula is C9H7BrClIO. The van der Waals surface area contributed by atoms with Crippen molar-refractivity contribution < 1.29 is 4.79 Å². The molecule has 0 aromatic heterocycles. The van der Waals surface area contributed by atoms with Crippen molar-refractivity contribution in [1.82, 2.24) is 0 Å². The van der Waals surface area contributed by atoms with Crippen molar-refractivity contribution in [3.63, 3.8) is 0 Å². The normalized spacial score (nSPS) is 12.6. The summed E-state index contributed by atoms with van der Waals surface area (Å²) in [5.41, 5.74) is 0.931. The van der Waals surface area contributed by atoms with E-state index >= 15 is 0 Å². The summed E-state index contributed by atoms with van der Waals surface area (Å²) in [4.78, 5) is 10.9. The van der Waals surface area contributed by atoms with E-state index in [0.29, 0.717) is 5.02 Å². The molecule has 0 spiro atoms. The van der Waals surface area contributed by atoms with Crippen LogP contribution in [0.15, 0.2) is 18.2 Å². The van der Waals surface area contributed by atoms with E-state index in [1.807, 2.05) is 18.2 Å². The van der Waals surface area contributed by atoms with Crippen LogP contribution in [0.4, 0.5) is 0 Å². The van der Waals surface area contributed by atoms with Gasteiger partial charge in [-0.2, -0.15) is 0 Å². The highest BCUT2D eigenvalue weighted by atomic mass is 127. The zero-order valence-electron chi connectivity index (χ0n) is 6.85. The predicted octanol–water partition coefficient (Wildman–Crippen LogP) is 3.97. The molecule has 0 saturated heterocycles. The number of rotatable bonds is 2. The number of hydrogen-bond acceptors (Lipinski definition) is 1. The Morgan fingerprint density at radius 1 is 1.62 bits per heavy atom. The SMILES string of the molecule is CC(=O)C(Br)c1cc(Cl)ccc1I. The van der Waals surface area contributed by atoms with Crippen LogP contribution in [0.1, 0.15) is 17.3 Å². The van der Waals surface area contributed by atoms with E-state index < -0.39 is 0 Å². The van der Waals surface area contributed by atoms with Gasteiger partial charge < -0.3 is 0 Å². The monoisotopic (exact) mass is 372 g/mol. The Bertz CT molecular complexity index is 340. The Morgan fingerprint density at radius 3 is 2.77 bits per heavy atom. The van der Waals surface area contributed by atoms with Crippen LogP contribution < -0.4 is 0 Å². The van der Waals surface area contributed by atoms with Gasteiger partial charge in [0.15, 0.2) is 0 Å². The summed E-state index contributed by atoms with van der Waals surface area (Å²) >= 11 is 11.3. The van der Waals surface area contributed by atoms with E-state index in [4.69, 9.17) is 11.6 Å². The molecule has 1 aromatic rings. The Morgan fingerprint density at radius 2 is 2.23 bits per heavy atom. The van der Waals surface area contributed by atoms with Crippen LogP contribution in [0.2, 0.25) is 5.02 Å². The fourth-order valence-electron chi connectivity index (χ4n) is 0.928. The second-order valence-corrected chi connectivity index (χ2v) is 5.15. The molecule has 0 N–H and O–H groups in total. The predicted molar refractivity (Wildman–Crippen MR) is 66.5 cm³/mol. The third-order valence-electron chi connectivity index (χ3n) is 1.59. The van der Waals surface area contributed by atoms with E-state index in [9.17, 15) is 4.79 Å². The smallest absolute Gasteiger partial charge is 0.147 e. The molecule has 0 saturated carbocycles. The van der Waals surface area contributed by atoms with Crippen LogP contribution >= 0.6 is 50.1 Å². The number of benzene rings is 1. The topological polar surface area (TPSA) is 17.1 Å². The molecule has 0 fully saturated rings. The first-order valence-corrected chi connectivity index (χ1v) is 5.99. The summed E-state index contributed by atoms with van der Waals surface area (Å²) in [5, 5.41) is 0.654. The van der Waals surface area contributed by atoms with Crippen LogP contribution in [0.25, 0.3) is 0 Å². The summed E-state index contributed by atoms with van der Waals surface area (Å²) in [6.45, 7) is 1.55. The fourth-order valence-corrected chi connectivity index (χ4v) is 2.56. The molecule has 0 aliphatic heterocycles. The number of halogens is 3. The first kappa shape index (κ1) is 11.5. The zero-order valence-corrected chi connectivity index (χ0v) is 11.4. The van der Waals surface area contributed by atoms with Gasteiger partial charge in [-0.1, -0.05) is 27.5 Å². The molecule has 1 nitrogen and oxygen atoms in total. The van der Waals surface area contributed by atoms with Gasteiger partial charge >= 0.3 is 0 Å². The average molecular weight is 373 g/mol. The van der Waals surface area contributed by atoms with Crippen LogP contribution in [0.3, 0.4) is 0 Å². The third-order valence-corrected chi connectivity index (χ3v) is 3.94. The van der Waals surface area contributed by atoms with E-state index in [1.165, 1.54) is 0 Å². The lowest BCUT2D eigenvalue weighted by Gasteiger charge is -2.08. The standard InChI is InChI=1S/C9H7BrClIO/c1-5(13)9(10)7-4-6(11)2-3-8(7)12/h2-4,9H,1H3. The summed E-state index contributed by atoms with van der Waals surface area (Å²) < 4.78 is 1.04. The van der Waals surface area contributed by atoms with Gasteiger partial charge in [0, 0.05) is 8.59 Å². The highest BCUT2D eigenvalue weighted by molar-refractivity contribution is 14.1. The van der Waals surface area contributed by atoms with Crippen molar-refractivity contribution in [3.05, 3.63) is 32.4 Å². The summed E-state index contributed by atoms with van der Waals surface area (Å²) in [6.07, 6.45) is 0. The van der Waals surface area contributed by atoms with Gasteiger partial charge in [0.1, 0.15) is 5.78 Å². The molecule has 0 radical (unpaired) electrons. The molecule has 1 unspecified atom stereocenters. The zero-order chi connectivity index (χ0) is 10.0. The molecule has 0 aliphatic rings. The average Bonchev–Trinajstić information content (AvgIpc) is 2.08. The Kier molecular flexibility index (Phi) is 4.19. The van der Waals surface area contributed by atoms with Crippen molar-refractivity contribution >= 4 is 55.9 Å². The van der Waals surface area contributed by atoms with E-state index in [-0.39, 0.29) is 10.6 Å². The molecule has 70 valence electrons. The lowest BCUT2D eigenvalue weighted by atomic mass is 10.1. The van der Waals surface area contributed by atoms with Gasteiger partial charge in [-0.05, 0) is 53.3 Å². The molecule has 0 amide bonds. The Balaban J connectivity index is 3.12. The Labute approximate surface area is 104 Å². The lowest BCUT2D eigenvalue weighted by Crippen LogP contribution is -2.02. The molecular weight excluding hydrogens is 366 g/mol. The molecule has 0 aliphatic carbocycles. The van der Waals surface area contributed by atoms with Gasteiger partial charge in [-0.25, -0.2) is 0 Å². The molecule has 13 heavy (non-hydrogen) atoms. The van der Waals surface area contributed by atoms with Crippen molar-refractivity contribution in [2.45, 2.75) is 11.8 Å². The first-order valence-electron chi connectivity index (χ1n) is 3.62. The summed E-state index contributed by atoms with van der Waals surface area (Å²) in [5.74, 6) is 0.0835. The van der Waals surface area contributed by atoms with Crippen molar-refractivity contribution in [1.29, 1.82) is 0 Å². The maximum Gasteiger partial charge on any atom is 0.147 e. The minimum Gasteiger partial charge on any atom is -0.298 e. The van der Waals surface area contributed by atoms with Gasteiger partial charge in [0.2, 0.25) is 0 Å². The first-order chi connectivity index (χ1) is 6.02. The third kappa shape index (κ3) is 2.92. The molecule has 4 heteroatoms. The van der Waals surface area contributed by atoms with Crippen LogP contribution in [-0.4, -0.2) is 5.78 Å². The van der Waals surface area contributed by atoms with Gasteiger partial charge in [-0.3, -0.25) is 4.79 Å². The minimum atomic E-state index is -0.252. The maximum atomic E-state index is 11.1. The van der Waals surface area contributed by atoms with Crippen molar-refractivity contribution in [2.24, 2.45) is 0 Å². The fraction of sp³-hybridized carbons (Fsp3) is 0.222. The molecule has 0 heterocycles. The van der Waals surface area contributed by atoms with E-state index in [2.05, 4.69) is 38.5 Å². The number of ketones is 1. The molecule has 1 aromatic carbocycles. The number of Topliss-reactive ketones (excluding diaryl/α,β-unsaturated/α-hetero) is 1. The van der Waals surface area contributed by atoms with Crippen molar-refractivity contribution in [2.75, 3.05) is 0 Å². The number of carbonyl (C=O) groups is 1. The van der Waals surface area contributed by atoms with Crippen LogP contribution in [-0.2, 0) is 4.79 Å². The van der Waals surface area contributed by atoms with E-state index in [1.54, 1.807) is 6.92 Å². The summed E-state index contributed by atoms with van der Waals surface area (Å²) in [7, 11) is 0. The van der Waals surface area contributed by atoms with Gasteiger partial charge in [-0.15, -0.1) is 0 Å². The van der Waals surface area contributed by atoms with Gasteiger partial charge in [0.25, 0.3) is 0 Å². The highest BCUT2D eigenvalue weighted by Gasteiger charge is 2.15. The highest BCUT2D eigenvalue weighted by Crippen LogP contribution is 2.30.